The Bertz CT molecular complexity index is 312. The third-order valence-corrected chi connectivity index (χ3v) is 1.34. The van der Waals surface area contributed by atoms with E-state index in [1.165, 1.54) is 19.4 Å². The van der Waals surface area contributed by atoms with E-state index in [2.05, 4.69) is 9.80 Å². The summed E-state index contributed by atoms with van der Waals surface area (Å²) in [6, 6.07) is 0. The molecule has 1 aliphatic carbocycles. The molecular weight excluding hydrogens is 127 g/mol. The SMILES string of the molecule is O=C1C=CC2=NB=NC2=C1. The van der Waals surface area contributed by atoms with E-state index < -0.39 is 0 Å². The van der Waals surface area contributed by atoms with Crippen LogP contribution in [-0.4, -0.2) is 18.7 Å². The molecule has 2 aliphatic rings. The predicted molar refractivity (Wildman–Crippen MR) is 37.8 cm³/mol. The Morgan fingerprint density at radius 2 is 2.30 bits per heavy atom. The molecule has 1 heterocycles. The van der Waals surface area contributed by atoms with Gasteiger partial charge in [-0.1, -0.05) is 0 Å². The van der Waals surface area contributed by atoms with Crippen molar-refractivity contribution in [3.05, 3.63) is 23.9 Å². The first-order valence-electron chi connectivity index (χ1n) is 2.91. The van der Waals surface area contributed by atoms with Gasteiger partial charge < -0.3 is 0 Å². The minimum absolute atomic E-state index is 0.0204. The second-order valence-electron chi connectivity index (χ2n) is 2.02. The van der Waals surface area contributed by atoms with E-state index in [1.54, 1.807) is 6.08 Å². The zero-order valence-electron chi connectivity index (χ0n) is 5.11. The van der Waals surface area contributed by atoms with Gasteiger partial charge in [0.1, 0.15) is 0 Å². The van der Waals surface area contributed by atoms with E-state index in [4.69, 9.17) is 0 Å². The Labute approximate surface area is 58.1 Å². The molecule has 0 aromatic rings. The van der Waals surface area contributed by atoms with Crippen LogP contribution in [0.5, 0.6) is 0 Å². The van der Waals surface area contributed by atoms with Gasteiger partial charge in [-0.25, -0.2) is 0 Å². The van der Waals surface area contributed by atoms with Gasteiger partial charge in [-0.15, -0.1) is 0 Å². The van der Waals surface area contributed by atoms with Crippen molar-refractivity contribution in [2.45, 2.75) is 0 Å². The Morgan fingerprint density at radius 1 is 1.40 bits per heavy atom. The molecule has 0 amide bonds. The Kier molecular flexibility index (Phi) is 1.00. The molecule has 3 nitrogen and oxygen atoms in total. The van der Waals surface area contributed by atoms with Gasteiger partial charge in [-0.05, 0) is 0 Å². The van der Waals surface area contributed by atoms with Gasteiger partial charge in [-0.2, -0.15) is 0 Å². The molecule has 0 N–H and O–H groups in total. The quantitative estimate of drug-likeness (QED) is 0.342. The summed E-state index contributed by atoms with van der Waals surface area (Å²) in [5.74, 6) is -0.0204. The standard InChI is InChI=1S/C6H3BN2O/c10-4-1-2-5-6(3-4)9-7-8-5/h1-3H. The van der Waals surface area contributed by atoms with Crippen LogP contribution in [0.15, 0.2) is 33.7 Å². The fourth-order valence-electron chi connectivity index (χ4n) is 0.869. The molecule has 0 spiro atoms. The first-order valence-corrected chi connectivity index (χ1v) is 2.91. The van der Waals surface area contributed by atoms with Crippen LogP contribution in [0, 0.1) is 0 Å². The third-order valence-electron chi connectivity index (χ3n) is 1.34. The number of hydrogen-bond acceptors (Lipinski definition) is 3. The zero-order chi connectivity index (χ0) is 6.97. The molecule has 0 radical (unpaired) electrons. The fourth-order valence-corrected chi connectivity index (χ4v) is 0.869. The topological polar surface area (TPSA) is 41.8 Å². The van der Waals surface area contributed by atoms with Gasteiger partial charge in [0.25, 0.3) is 0 Å². The normalized spacial score (nSPS) is 19.8. The molecule has 0 aromatic carbocycles. The van der Waals surface area contributed by atoms with Crippen molar-refractivity contribution in [1.29, 1.82) is 0 Å². The van der Waals surface area contributed by atoms with E-state index >= 15 is 0 Å². The van der Waals surface area contributed by atoms with Crippen LogP contribution in [0.1, 0.15) is 0 Å². The van der Waals surface area contributed by atoms with Crippen molar-refractivity contribution in [3.63, 3.8) is 0 Å². The molecule has 0 atom stereocenters. The molecule has 46 valence electrons. The van der Waals surface area contributed by atoms with Crippen molar-refractivity contribution in [2.24, 2.45) is 9.80 Å². The summed E-state index contributed by atoms with van der Waals surface area (Å²) in [7, 11) is 1.45. The summed E-state index contributed by atoms with van der Waals surface area (Å²) in [4.78, 5) is 18.5. The van der Waals surface area contributed by atoms with Crippen LogP contribution in [0.4, 0.5) is 0 Å². The molecule has 0 aromatic heterocycles. The van der Waals surface area contributed by atoms with Crippen molar-refractivity contribution in [1.82, 2.24) is 0 Å². The van der Waals surface area contributed by atoms with E-state index in [1.807, 2.05) is 0 Å². The predicted octanol–water partition coefficient (Wildman–Crippen LogP) is 0.267. The first kappa shape index (κ1) is 5.47. The summed E-state index contributed by atoms with van der Waals surface area (Å²) in [6.07, 6.45) is 4.63. The van der Waals surface area contributed by atoms with Crippen molar-refractivity contribution >= 4 is 18.7 Å². The molecule has 2 rings (SSSR count). The van der Waals surface area contributed by atoms with Crippen molar-refractivity contribution in [3.8, 4) is 0 Å². The average molecular weight is 130 g/mol. The van der Waals surface area contributed by atoms with Gasteiger partial charge in [-0.3, -0.25) is 0 Å². The Balaban J connectivity index is 2.51. The summed E-state index contributed by atoms with van der Waals surface area (Å²) < 4.78 is 0. The van der Waals surface area contributed by atoms with Gasteiger partial charge in [0.05, 0.1) is 0 Å². The van der Waals surface area contributed by atoms with Crippen LogP contribution in [0.2, 0.25) is 0 Å². The van der Waals surface area contributed by atoms with E-state index in [0.29, 0.717) is 5.70 Å². The number of ketones is 1. The molecule has 10 heavy (non-hydrogen) atoms. The Morgan fingerprint density at radius 3 is 3.20 bits per heavy atom. The number of fused-ring (bicyclic) bond motifs is 1. The first-order chi connectivity index (χ1) is 4.86. The molecule has 0 fully saturated rings. The maximum atomic E-state index is 10.7. The van der Waals surface area contributed by atoms with Gasteiger partial charge >= 0.3 is 57.2 Å². The summed E-state index contributed by atoms with van der Waals surface area (Å²) in [6.45, 7) is 0. The number of hydrogen-bond donors (Lipinski definition) is 0. The second-order valence-corrected chi connectivity index (χ2v) is 2.02. The summed E-state index contributed by atoms with van der Waals surface area (Å²) in [5, 5.41) is 0. The van der Waals surface area contributed by atoms with E-state index in [-0.39, 0.29) is 5.78 Å². The average Bonchev–Trinajstić information content (AvgIpc) is 2.33. The number of carbonyl (C=O) groups is 1. The molecule has 0 saturated heterocycles. The molecule has 4 heteroatoms. The second kappa shape index (κ2) is 1.83. The number of carbonyl (C=O) groups excluding carboxylic acids is 1. The minimum atomic E-state index is -0.0204. The fraction of sp³-hybridized carbons (Fsp3) is 0. The van der Waals surface area contributed by atoms with Crippen LogP contribution in [0.3, 0.4) is 0 Å². The Hall–Kier alpha value is -1.32. The number of nitrogens with zero attached hydrogens (tertiary/aromatic N) is 2. The van der Waals surface area contributed by atoms with Crippen LogP contribution in [0.25, 0.3) is 0 Å². The number of allylic oxidation sites excluding steroid dienone is 3. The van der Waals surface area contributed by atoms with Gasteiger partial charge in [0.15, 0.2) is 0 Å². The zero-order valence-corrected chi connectivity index (χ0v) is 5.11. The monoisotopic (exact) mass is 130 g/mol. The van der Waals surface area contributed by atoms with Crippen LogP contribution >= 0.6 is 0 Å². The molecule has 1 aliphatic heterocycles. The van der Waals surface area contributed by atoms with Crippen molar-refractivity contribution in [2.75, 3.05) is 0 Å². The molecule has 0 saturated carbocycles. The number of rotatable bonds is 0. The molecule has 0 unspecified atom stereocenters. The summed E-state index contributed by atoms with van der Waals surface area (Å²) >= 11 is 0. The molecular formula is C6H3BN2O. The third kappa shape index (κ3) is 0.691. The van der Waals surface area contributed by atoms with E-state index in [9.17, 15) is 4.79 Å². The summed E-state index contributed by atoms with van der Waals surface area (Å²) in [5.41, 5.74) is 1.45. The van der Waals surface area contributed by atoms with E-state index in [0.717, 1.165) is 5.71 Å². The molecule has 0 bridgehead atoms. The van der Waals surface area contributed by atoms with Gasteiger partial charge in [0.2, 0.25) is 0 Å². The van der Waals surface area contributed by atoms with Crippen LogP contribution in [-0.2, 0) is 4.79 Å². The maximum absolute atomic E-state index is 10.7. The van der Waals surface area contributed by atoms with Gasteiger partial charge in [0, 0.05) is 0 Å². The van der Waals surface area contributed by atoms with Crippen molar-refractivity contribution < 1.29 is 4.79 Å². The van der Waals surface area contributed by atoms with Crippen LogP contribution < -0.4 is 0 Å².